The van der Waals surface area contributed by atoms with Gasteiger partial charge in [-0.1, -0.05) is 102 Å². The van der Waals surface area contributed by atoms with Crippen molar-refractivity contribution in [2.45, 2.75) is 135 Å². The molecule has 5 aliphatic rings. The van der Waals surface area contributed by atoms with Crippen LogP contribution >= 0.6 is 0 Å². The second kappa shape index (κ2) is 17.0. The Kier molecular flexibility index (Phi) is 12.8. The average molecular weight is 605 g/mol. The largest absolute Gasteiger partial charge is 0.352 e. The Bertz CT molecular complexity index is 1090. The number of allylic oxidation sites excluding steroid dienone is 6. The summed E-state index contributed by atoms with van der Waals surface area (Å²) in [7, 11) is 0. The van der Waals surface area contributed by atoms with Crippen molar-refractivity contribution in [1.29, 1.82) is 0 Å². The molecule has 244 valence electrons. The second-order valence-corrected chi connectivity index (χ2v) is 15.0. The van der Waals surface area contributed by atoms with E-state index in [9.17, 15) is 9.59 Å². The first-order valence-electron chi connectivity index (χ1n) is 18.6. The molecule has 0 radical (unpaired) electrons. The van der Waals surface area contributed by atoms with Crippen LogP contribution in [-0.2, 0) is 9.59 Å². The fourth-order valence-electron chi connectivity index (χ4n) is 9.76. The van der Waals surface area contributed by atoms with Crippen LogP contribution in [0.25, 0.3) is 0 Å². The number of hydroxylamine groups is 1. The second-order valence-electron chi connectivity index (χ2n) is 15.0. The minimum atomic E-state index is -0.420. The number of hydrogen-bond donors (Lipinski definition) is 3. The highest BCUT2D eigenvalue weighted by Crippen LogP contribution is 2.47. The lowest BCUT2D eigenvalue weighted by molar-refractivity contribution is -0.129. The molecule has 7 unspecified atom stereocenters. The Morgan fingerprint density at radius 3 is 2.30 bits per heavy atom. The molecule has 0 aromatic heterocycles. The fourth-order valence-corrected chi connectivity index (χ4v) is 9.76. The molecule has 5 aliphatic carbocycles. The molecule has 0 heterocycles. The highest BCUT2D eigenvalue weighted by molar-refractivity contribution is 5.96. The Balaban J connectivity index is 1.50. The molecule has 8 bridgehead atoms. The van der Waals surface area contributed by atoms with Crippen LogP contribution < -0.4 is 10.8 Å². The summed E-state index contributed by atoms with van der Waals surface area (Å²) in [6.07, 6.45) is 36.6. The lowest BCUT2D eigenvalue weighted by atomic mass is 9.69. The van der Waals surface area contributed by atoms with E-state index >= 15 is 0 Å². The van der Waals surface area contributed by atoms with Crippen molar-refractivity contribution >= 4 is 11.8 Å². The van der Waals surface area contributed by atoms with E-state index in [0.717, 1.165) is 29.2 Å². The van der Waals surface area contributed by atoms with Gasteiger partial charge in [0, 0.05) is 18.5 Å². The third-order valence-corrected chi connectivity index (χ3v) is 12.1. The van der Waals surface area contributed by atoms with Gasteiger partial charge in [-0.15, -0.1) is 0 Å². The molecule has 3 saturated carbocycles. The standard InChI is InChI=1S/C39H60N2O3/c1-2-30-25-33-14-4-3-5-19-37(30)36-26-34(17-10-18-35(27-36)39(43)40-21-11-20-38(42)41-44)32-16-9-7-13-29(24-32)22-28-12-6-8-15-31(33)23-28/h10,17-18,26-33,37,44H,2-9,11-16,19-25H2,1H3,(H,40,43)(H,41,42)/b17-10+,18-10?,34-17?,34-26?,35-18+,35-27?,36-26?,36-27?. The zero-order valence-electron chi connectivity index (χ0n) is 27.5. The molecule has 0 spiro atoms. The summed E-state index contributed by atoms with van der Waals surface area (Å²) in [6, 6.07) is 0. The number of rotatable bonds is 6. The van der Waals surface area contributed by atoms with E-state index in [1.54, 1.807) is 5.48 Å². The fraction of sp³-hybridized carbons (Fsp3) is 0.744. The molecule has 5 rings (SSSR count). The van der Waals surface area contributed by atoms with Crippen LogP contribution in [0.3, 0.4) is 0 Å². The van der Waals surface area contributed by atoms with Crippen LogP contribution in [0, 0.1) is 41.4 Å². The van der Waals surface area contributed by atoms with Crippen LogP contribution in [0.1, 0.15) is 135 Å². The molecule has 0 aromatic rings. The van der Waals surface area contributed by atoms with Gasteiger partial charge in [-0.25, -0.2) is 5.48 Å². The van der Waals surface area contributed by atoms with Gasteiger partial charge in [-0.3, -0.25) is 14.8 Å². The van der Waals surface area contributed by atoms with E-state index in [0.29, 0.717) is 30.7 Å². The predicted molar refractivity (Wildman–Crippen MR) is 179 cm³/mol. The van der Waals surface area contributed by atoms with E-state index < -0.39 is 5.91 Å². The molecule has 0 aromatic carbocycles. The molecule has 3 fully saturated rings. The summed E-state index contributed by atoms with van der Waals surface area (Å²) in [5, 5.41) is 11.8. The summed E-state index contributed by atoms with van der Waals surface area (Å²) in [6.45, 7) is 2.83. The number of nitrogens with one attached hydrogen (secondary N) is 2. The Hall–Kier alpha value is -2.14. The van der Waals surface area contributed by atoms with Crippen molar-refractivity contribution in [3.05, 3.63) is 47.1 Å². The lowest BCUT2D eigenvalue weighted by Gasteiger charge is -2.36. The Morgan fingerprint density at radius 2 is 1.50 bits per heavy atom. The molecular formula is C39H60N2O3. The first kappa shape index (κ1) is 33.2. The Morgan fingerprint density at radius 1 is 0.795 bits per heavy atom. The summed E-state index contributed by atoms with van der Waals surface area (Å²) in [5.74, 6) is 4.77. The Labute approximate surface area is 267 Å². The first-order valence-corrected chi connectivity index (χ1v) is 18.6. The number of carbonyl (C=O) groups excluding carboxylic acids is 2. The van der Waals surface area contributed by atoms with Crippen molar-refractivity contribution in [3.8, 4) is 0 Å². The van der Waals surface area contributed by atoms with Gasteiger partial charge in [0.1, 0.15) is 0 Å². The zero-order chi connectivity index (χ0) is 30.7. The minimum Gasteiger partial charge on any atom is -0.352 e. The van der Waals surface area contributed by atoms with Crippen molar-refractivity contribution in [3.63, 3.8) is 0 Å². The van der Waals surface area contributed by atoms with Gasteiger partial charge < -0.3 is 5.32 Å². The lowest BCUT2D eigenvalue weighted by Crippen LogP contribution is -2.28. The summed E-state index contributed by atoms with van der Waals surface area (Å²) in [4.78, 5) is 24.9. The van der Waals surface area contributed by atoms with Crippen molar-refractivity contribution in [1.82, 2.24) is 10.8 Å². The summed E-state index contributed by atoms with van der Waals surface area (Å²) in [5.41, 5.74) is 5.27. The van der Waals surface area contributed by atoms with Crippen molar-refractivity contribution in [2.75, 3.05) is 6.54 Å². The van der Waals surface area contributed by atoms with Crippen LogP contribution in [0.5, 0.6) is 0 Å². The van der Waals surface area contributed by atoms with Crippen LogP contribution in [0.15, 0.2) is 47.1 Å². The van der Waals surface area contributed by atoms with Crippen molar-refractivity contribution in [2.24, 2.45) is 41.4 Å². The van der Waals surface area contributed by atoms with Gasteiger partial charge in [0.2, 0.25) is 5.91 Å². The maximum atomic E-state index is 13.5. The molecule has 3 N–H and O–H groups in total. The molecule has 44 heavy (non-hydrogen) atoms. The van der Waals surface area contributed by atoms with Crippen LogP contribution in [0.4, 0.5) is 0 Å². The topological polar surface area (TPSA) is 78.4 Å². The van der Waals surface area contributed by atoms with Gasteiger partial charge >= 0.3 is 0 Å². The maximum absolute atomic E-state index is 13.5. The molecule has 0 saturated heterocycles. The molecule has 5 nitrogen and oxygen atoms in total. The third-order valence-electron chi connectivity index (χ3n) is 12.1. The smallest absolute Gasteiger partial charge is 0.251 e. The first-order chi connectivity index (χ1) is 21.5. The zero-order valence-corrected chi connectivity index (χ0v) is 27.5. The monoisotopic (exact) mass is 604 g/mol. The van der Waals surface area contributed by atoms with Gasteiger partial charge in [0.15, 0.2) is 0 Å². The molecule has 0 aliphatic heterocycles. The van der Waals surface area contributed by atoms with Crippen LogP contribution in [-0.4, -0.2) is 23.6 Å². The number of amides is 2. The van der Waals surface area contributed by atoms with E-state index in [2.05, 4.69) is 36.5 Å². The molecule has 2 amide bonds. The van der Waals surface area contributed by atoms with Crippen molar-refractivity contribution < 1.29 is 14.8 Å². The maximum Gasteiger partial charge on any atom is 0.251 e. The van der Waals surface area contributed by atoms with E-state index in [4.69, 9.17) is 5.21 Å². The van der Waals surface area contributed by atoms with Gasteiger partial charge in [-0.2, -0.15) is 0 Å². The molecule has 7 atom stereocenters. The van der Waals surface area contributed by atoms with E-state index in [1.807, 2.05) is 6.08 Å². The number of fused-ring (bicyclic) bond motifs is 11. The summed E-state index contributed by atoms with van der Waals surface area (Å²) < 4.78 is 0. The SMILES string of the molecule is CCC1CC2CCCCCC1C1=C/C(C(=O)NCCCC(=O)NO)=C\C=C\C(=C1)C1CCCCC(CC3CCCCC2C3)C1. The van der Waals surface area contributed by atoms with E-state index in [1.165, 1.54) is 127 Å². The number of hydrogen-bond acceptors (Lipinski definition) is 3. The van der Waals surface area contributed by atoms with Crippen LogP contribution in [0.2, 0.25) is 0 Å². The highest BCUT2D eigenvalue weighted by atomic mass is 16.5. The highest BCUT2D eigenvalue weighted by Gasteiger charge is 2.35. The molecule has 5 heteroatoms. The van der Waals surface area contributed by atoms with Gasteiger partial charge in [-0.05, 0) is 110 Å². The van der Waals surface area contributed by atoms with Gasteiger partial charge in [0.05, 0.1) is 0 Å². The summed E-state index contributed by atoms with van der Waals surface area (Å²) >= 11 is 0. The quantitative estimate of drug-likeness (QED) is 0.161. The molecular weight excluding hydrogens is 544 g/mol. The predicted octanol–water partition coefficient (Wildman–Crippen LogP) is 9.15. The van der Waals surface area contributed by atoms with Gasteiger partial charge in [0.25, 0.3) is 5.91 Å². The third kappa shape index (κ3) is 9.21. The van der Waals surface area contributed by atoms with E-state index in [-0.39, 0.29) is 12.3 Å². The normalized spacial score (nSPS) is 35.1. The average Bonchev–Trinajstić information content (AvgIpc) is 3.35. The number of carbonyl (C=O) groups is 2. The minimum absolute atomic E-state index is 0.0733.